The summed E-state index contributed by atoms with van der Waals surface area (Å²) in [5.41, 5.74) is 5.19. The summed E-state index contributed by atoms with van der Waals surface area (Å²) in [6, 6.07) is 0.196. The molecule has 0 bridgehead atoms. The lowest BCUT2D eigenvalue weighted by Gasteiger charge is -2.24. The topological polar surface area (TPSA) is 72.2 Å². The third-order valence-electron chi connectivity index (χ3n) is 2.96. The molecule has 0 radical (unpaired) electrons. The highest BCUT2D eigenvalue weighted by Gasteiger charge is 2.46. The number of carbonyl (C=O) groups is 1. The number of hydrogen-bond acceptors (Lipinski definition) is 3. The second-order valence-corrected chi connectivity index (χ2v) is 5.95. The van der Waals surface area contributed by atoms with Gasteiger partial charge in [0.2, 0.25) is 5.91 Å². The average Bonchev–Trinajstić information content (AvgIpc) is 2.89. The molecule has 2 rings (SSSR count). The molecule has 1 aliphatic heterocycles. The van der Waals surface area contributed by atoms with Crippen LogP contribution in [0.4, 0.5) is 0 Å². The van der Waals surface area contributed by atoms with E-state index in [4.69, 9.17) is 5.73 Å². The van der Waals surface area contributed by atoms with Gasteiger partial charge in [0, 0.05) is 28.3 Å². The minimum atomic E-state index is -0.664. The monoisotopic (exact) mass is 216 g/mol. The van der Waals surface area contributed by atoms with E-state index >= 15 is 0 Å². The van der Waals surface area contributed by atoms with Crippen LogP contribution in [0.25, 0.3) is 0 Å². The Kier molecular flexibility index (Phi) is 2.62. The van der Waals surface area contributed by atoms with Gasteiger partial charge < -0.3 is 11.1 Å². The molecule has 14 heavy (non-hydrogen) atoms. The summed E-state index contributed by atoms with van der Waals surface area (Å²) >= 11 is 0. The molecule has 5 heteroatoms. The second-order valence-electron chi connectivity index (χ2n) is 4.25. The predicted molar refractivity (Wildman–Crippen MR) is 55.2 cm³/mol. The van der Waals surface area contributed by atoms with Gasteiger partial charge in [-0.2, -0.15) is 0 Å². The smallest absolute Gasteiger partial charge is 0.240 e. The molecule has 1 saturated carbocycles. The molecule has 2 fully saturated rings. The zero-order chi connectivity index (χ0) is 10.2. The van der Waals surface area contributed by atoms with Crippen molar-refractivity contribution in [1.29, 1.82) is 0 Å². The van der Waals surface area contributed by atoms with E-state index < -0.39 is 16.3 Å². The third kappa shape index (κ3) is 2.15. The van der Waals surface area contributed by atoms with Gasteiger partial charge >= 0.3 is 0 Å². The second kappa shape index (κ2) is 3.62. The molecular weight excluding hydrogens is 200 g/mol. The Bertz CT molecular complexity index is 266. The van der Waals surface area contributed by atoms with Gasteiger partial charge in [0.25, 0.3) is 0 Å². The lowest BCUT2D eigenvalue weighted by atomic mass is 10.1. The van der Waals surface area contributed by atoms with Gasteiger partial charge in [0.1, 0.15) is 0 Å². The van der Waals surface area contributed by atoms with E-state index in [0.29, 0.717) is 11.5 Å². The fraction of sp³-hybridized carbons (Fsp3) is 0.889. The molecule has 1 amide bonds. The number of rotatable bonds is 2. The van der Waals surface area contributed by atoms with Crippen molar-refractivity contribution < 1.29 is 9.00 Å². The number of nitrogens with one attached hydrogen (secondary N) is 1. The molecule has 80 valence electrons. The van der Waals surface area contributed by atoms with E-state index in [1.807, 2.05) is 0 Å². The van der Waals surface area contributed by atoms with Gasteiger partial charge in [-0.25, -0.2) is 0 Å². The van der Waals surface area contributed by atoms with Crippen LogP contribution in [0, 0.1) is 0 Å². The predicted octanol–water partition coefficient (Wildman–Crippen LogP) is -0.495. The Morgan fingerprint density at radius 1 is 1.36 bits per heavy atom. The average molecular weight is 216 g/mol. The van der Waals surface area contributed by atoms with Crippen LogP contribution in [-0.4, -0.2) is 33.2 Å². The van der Waals surface area contributed by atoms with Crippen LogP contribution < -0.4 is 11.1 Å². The molecular formula is C9H16N2O2S. The van der Waals surface area contributed by atoms with Crippen molar-refractivity contribution >= 4 is 16.7 Å². The Hall–Kier alpha value is -0.420. The first-order valence-corrected chi connectivity index (χ1v) is 6.54. The Balaban J connectivity index is 1.80. The minimum Gasteiger partial charge on any atom is -0.352 e. The maximum Gasteiger partial charge on any atom is 0.240 e. The molecule has 0 unspecified atom stereocenters. The maximum absolute atomic E-state index is 11.6. The van der Waals surface area contributed by atoms with Crippen LogP contribution >= 0.6 is 0 Å². The molecule has 4 nitrogen and oxygen atoms in total. The van der Waals surface area contributed by atoms with Crippen molar-refractivity contribution in [2.75, 3.05) is 11.5 Å². The van der Waals surface area contributed by atoms with Gasteiger partial charge in [-0.3, -0.25) is 9.00 Å². The Labute approximate surface area is 86.1 Å². The summed E-state index contributed by atoms with van der Waals surface area (Å²) in [4.78, 5) is 11.6. The van der Waals surface area contributed by atoms with Crippen molar-refractivity contribution in [1.82, 2.24) is 5.32 Å². The molecule has 1 heterocycles. The number of nitrogens with two attached hydrogens (primary N) is 1. The maximum atomic E-state index is 11.6. The fourth-order valence-electron chi connectivity index (χ4n) is 1.63. The van der Waals surface area contributed by atoms with Gasteiger partial charge in [0.15, 0.2) is 0 Å². The quantitative estimate of drug-likeness (QED) is 0.654. The van der Waals surface area contributed by atoms with E-state index in [0.717, 1.165) is 25.7 Å². The summed E-state index contributed by atoms with van der Waals surface area (Å²) in [6.45, 7) is 0. The minimum absolute atomic E-state index is 0.0183. The Morgan fingerprint density at radius 3 is 2.43 bits per heavy atom. The summed E-state index contributed by atoms with van der Waals surface area (Å²) in [7, 11) is -0.664. The summed E-state index contributed by atoms with van der Waals surface area (Å²) < 4.78 is 11.1. The van der Waals surface area contributed by atoms with Crippen LogP contribution in [-0.2, 0) is 15.6 Å². The van der Waals surface area contributed by atoms with Crippen molar-refractivity contribution in [2.24, 2.45) is 5.73 Å². The molecule has 1 aliphatic carbocycles. The number of amides is 1. The largest absolute Gasteiger partial charge is 0.352 e. The summed E-state index contributed by atoms with van der Waals surface area (Å²) in [5, 5.41) is 2.94. The zero-order valence-corrected chi connectivity index (χ0v) is 8.94. The molecule has 0 atom stereocenters. The van der Waals surface area contributed by atoms with Crippen molar-refractivity contribution in [3.63, 3.8) is 0 Å². The molecule has 0 aromatic heterocycles. The molecule has 0 spiro atoms. The van der Waals surface area contributed by atoms with E-state index in [-0.39, 0.29) is 11.9 Å². The molecule has 2 aliphatic rings. The first-order valence-electron chi connectivity index (χ1n) is 5.05. The highest BCUT2D eigenvalue weighted by molar-refractivity contribution is 7.85. The van der Waals surface area contributed by atoms with Crippen LogP contribution in [0.2, 0.25) is 0 Å². The first-order chi connectivity index (χ1) is 6.60. The third-order valence-corrected chi connectivity index (χ3v) is 4.35. The normalized spacial score (nSPS) is 34.9. The number of hydrogen-bond donors (Lipinski definition) is 2. The summed E-state index contributed by atoms with van der Waals surface area (Å²) in [5.74, 6) is 1.40. The van der Waals surface area contributed by atoms with Gasteiger partial charge in [-0.05, 0) is 25.7 Å². The van der Waals surface area contributed by atoms with E-state index in [1.54, 1.807) is 0 Å². The molecule has 0 aromatic rings. The van der Waals surface area contributed by atoms with E-state index in [9.17, 15) is 9.00 Å². The highest BCUT2D eigenvalue weighted by Crippen LogP contribution is 2.32. The van der Waals surface area contributed by atoms with Crippen LogP contribution in [0.3, 0.4) is 0 Å². The van der Waals surface area contributed by atoms with Gasteiger partial charge in [-0.1, -0.05) is 0 Å². The summed E-state index contributed by atoms with van der Waals surface area (Å²) in [6.07, 6.45) is 3.26. The van der Waals surface area contributed by atoms with Gasteiger partial charge in [-0.15, -0.1) is 0 Å². The van der Waals surface area contributed by atoms with Crippen LogP contribution in [0.15, 0.2) is 0 Å². The van der Waals surface area contributed by atoms with Gasteiger partial charge in [0.05, 0.1) is 5.54 Å². The molecule has 3 N–H and O–H groups in total. The van der Waals surface area contributed by atoms with E-state index in [2.05, 4.69) is 5.32 Å². The van der Waals surface area contributed by atoms with Crippen molar-refractivity contribution in [3.05, 3.63) is 0 Å². The number of carbonyl (C=O) groups excluding carboxylic acids is 1. The Morgan fingerprint density at radius 2 is 1.93 bits per heavy atom. The fourth-order valence-corrected chi connectivity index (χ4v) is 2.93. The van der Waals surface area contributed by atoms with Crippen molar-refractivity contribution in [2.45, 2.75) is 37.3 Å². The molecule has 1 saturated heterocycles. The zero-order valence-electron chi connectivity index (χ0n) is 8.12. The van der Waals surface area contributed by atoms with Crippen LogP contribution in [0.5, 0.6) is 0 Å². The standard InChI is InChI=1S/C9H16N2O2S/c10-9(3-4-9)8(12)11-7-1-5-14(13)6-2-7/h7H,1-6,10H2,(H,11,12). The first kappa shape index (κ1) is 10.1. The molecule has 0 aromatic carbocycles. The lowest BCUT2D eigenvalue weighted by molar-refractivity contribution is -0.124. The van der Waals surface area contributed by atoms with Crippen LogP contribution in [0.1, 0.15) is 25.7 Å². The van der Waals surface area contributed by atoms with E-state index in [1.165, 1.54) is 0 Å². The van der Waals surface area contributed by atoms with Crippen molar-refractivity contribution in [3.8, 4) is 0 Å². The SMILES string of the molecule is NC1(C(=O)NC2CCS(=O)CC2)CC1. The lowest BCUT2D eigenvalue weighted by Crippen LogP contribution is -2.48. The highest BCUT2D eigenvalue weighted by atomic mass is 32.2.